The summed E-state index contributed by atoms with van der Waals surface area (Å²) >= 11 is 0. The number of hydrogen-bond donors (Lipinski definition) is 2. The molecule has 4 aliphatic carbocycles. The first kappa shape index (κ1) is 19.6. The molecule has 0 bridgehead atoms. The number of aliphatic hydroxyl groups excluding tert-OH is 1. The second-order valence-corrected chi connectivity index (χ2v) is 10.8. The van der Waals surface area contributed by atoms with Gasteiger partial charge in [-0.1, -0.05) is 26.7 Å². The zero-order chi connectivity index (χ0) is 20.3. The minimum Gasteiger partial charge on any atom is -0.508 e. The lowest BCUT2D eigenvalue weighted by atomic mass is 9.54. The molecule has 2 N–H and O–H groups in total. The summed E-state index contributed by atoms with van der Waals surface area (Å²) in [6, 6.07) is 3.69. The number of carbonyl (C=O) groups excluding carboxylic acids is 1. The summed E-state index contributed by atoms with van der Waals surface area (Å²) in [6.45, 7) is 4.41. The number of benzene rings is 1. The van der Waals surface area contributed by atoms with Crippen LogP contribution in [0.4, 0.5) is 0 Å². The average molecular weight is 397 g/mol. The lowest BCUT2D eigenvalue weighted by Crippen LogP contribution is -2.44. The summed E-state index contributed by atoms with van der Waals surface area (Å²) in [6.07, 6.45) is 10.9. The van der Waals surface area contributed by atoms with Crippen LogP contribution in [0.25, 0.3) is 0 Å². The van der Waals surface area contributed by atoms with Crippen LogP contribution in [0.15, 0.2) is 12.1 Å². The van der Waals surface area contributed by atoms with E-state index in [-0.39, 0.29) is 29.0 Å². The van der Waals surface area contributed by atoms with Crippen molar-refractivity contribution in [3.05, 3.63) is 28.8 Å². The van der Waals surface area contributed by atoms with Crippen molar-refractivity contribution in [3.63, 3.8) is 0 Å². The highest BCUT2D eigenvalue weighted by molar-refractivity contribution is 6.00. The number of aromatic hydroxyl groups is 1. The Balaban J connectivity index is 1.52. The van der Waals surface area contributed by atoms with Crippen molar-refractivity contribution in [2.24, 2.45) is 29.1 Å². The van der Waals surface area contributed by atoms with Crippen LogP contribution in [0.1, 0.15) is 99.0 Å². The molecule has 3 nitrogen and oxygen atoms in total. The monoisotopic (exact) mass is 396 g/mol. The summed E-state index contributed by atoms with van der Waals surface area (Å²) < 4.78 is 0. The molecular weight excluding hydrogens is 360 g/mol. The van der Waals surface area contributed by atoms with Gasteiger partial charge in [0.2, 0.25) is 0 Å². The fourth-order valence-corrected chi connectivity index (χ4v) is 7.80. The smallest absolute Gasteiger partial charge is 0.166 e. The normalized spacial score (nSPS) is 37.6. The number of phenols is 1. The maximum Gasteiger partial charge on any atom is 0.166 e. The predicted molar refractivity (Wildman–Crippen MR) is 114 cm³/mol. The van der Waals surface area contributed by atoms with Gasteiger partial charge < -0.3 is 10.2 Å². The van der Waals surface area contributed by atoms with Crippen LogP contribution in [0.5, 0.6) is 5.75 Å². The molecular formula is C26H36O3. The number of Topliss-reactive ketones (excluding diaryl/α,β-unsaturated/α-hetero) is 1. The predicted octanol–water partition coefficient (Wildman–Crippen LogP) is 5.62. The first-order valence-corrected chi connectivity index (χ1v) is 12.0. The van der Waals surface area contributed by atoms with Crippen molar-refractivity contribution in [3.8, 4) is 5.75 Å². The van der Waals surface area contributed by atoms with Gasteiger partial charge in [0.05, 0.1) is 6.10 Å². The lowest BCUT2D eigenvalue weighted by molar-refractivity contribution is -0.0227. The molecule has 0 aromatic heterocycles. The van der Waals surface area contributed by atoms with E-state index in [9.17, 15) is 15.0 Å². The zero-order valence-corrected chi connectivity index (χ0v) is 18.0. The second-order valence-electron chi connectivity index (χ2n) is 10.8. The molecule has 0 amide bonds. The highest BCUT2D eigenvalue weighted by Gasteiger charge is 2.55. The Hall–Kier alpha value is -1.35. The lowest BCUT2D eigenvalue weighted by Gasteiger charge is -2.50. The summed E-state index contributed by atoms with van der Waals surface area (Å²) in [7, 11) is 0. The number of aliphatic hydroxyl groups is 1. The van der Waals surface area contributed by atoms with Crippen LogP contribution in [0, 0.1) is 29.1 Å². The third-order valence-electron chi connectivity index (χ3n) is 9.54. The van der Waals surface area contributed by atoms with E-state index in [1.165, 1.54) is 24.0 Å². The molecule has 0 saturated heterocycles. The molecule has 1 unspecified atom stereocenters. The molecule has 29 heavy (non-hydrogen) atoms. The van der Waals surface area contributed by atoms with Gasteiger partial charge in [-0.05, 0) is 104 Å². The molecule has 1 aromatic rings. The van der Waals surface area contributed by atoms with E-state index >= 15 is 0 Å². The molecule has 3 saturated carbocycles. The molecule has 0 radical (unpaired) electrons. The second kappa shape index (κ2) is 7.11. The quantitative estimate of drug-likeness (QED) is 0.652. The van der Waals surface area contributed by atoms with Gasteiger partial charge in [-0.3, -0.25) is 4.79 Å². The van der Waals surface area contributed by atoms with E-state index in [2.05, 4.69) is 13.8 Å². The Morgan fingerprint density at radius 3 is 2.62 bits per heavy atom. The highest BCUT2D eigenvalue weighted by atomic mass is 16.3. The van der Waals surface area contributed by atoms with Crippen molar-refractivity contribution >= 4 is 5.78 Å². The first-order valence-electron chi connectivity index (χ1n) is 12.0. The van der Waals surface area contributed by atoms with Crippen LogP contribution in [-0.4, -0.2) is 22.1 Å². The summed E-state index contributed by atoms with van der Waals surface area (Å²) in [5.41, 5.74) is 3.33. The Morgan fingerprint density at radius 2 is 1.86 bits per heavy atom. The molecule has 1 aromatic carbocycles. The molecule has 158 valence electrons. The minimum absolute atomic E-state index is 0.0472. The van der Waals surface area contributed by atoms with Crippen molar-refractivity contribution in [2.75, 3.05) is 0 Å². The van der Waals surface area contributed by atoms with Gasteiger partial charge in [0, 0.05) is 11.5 Å². The topological polar surface area (TPSA) is 57.5 Å². The molecule has 4 aliphatic rings. The molecule has 5 rings (SSSR count). The van der Waals surface area contributed by atoms with Crippen LogP contribution >= 0.6 is 0 Å². The van der Waals surface area contributed by atoms with Crippen molar-refractivity contribution in [2.45, 2.75) is 90.1 Å². The molecule has 0 spiro atoms. The van der Waals surface area contributed by atoms with Gasteiger partial charge in [-0.15, -0.1) is 0 Å². The molecule has 3 fully saturated rings. The van der Waals surface area contributed by atoms with E-state index in [1.54, 1.807) is 6.07 Å². The van der Waals surface area contributed by atoms with Crippen molar-refractivity contribution in [1.29, 1.82) is 0 Å². The Bertz CT molecular complexity index is 808. The zero-order valence-electron chi connectivity index (χ0n) is 18.0. The number of aryl methyl sites for hydroxylation is 1. The molecule has 3 heteroatoms. The number of ketones is 1. The SMILES string of the molecule is CC(C(=O)c1cc(O)cc2c1[C@H]1CC[C@]3(C)[C@@H](O)CC[C@H]3[C@@H]1CC2)C1CCCC1. The van der Waals surface area contributed by atoms with Gasteiger partial charge >= 0.3 is 0 Å². The number of fused-ring (bicyclic) bond motifs is 5. The van der Waals surface area contributed by atoms with E-state index in [4.69, 9.17) is 0 Å². The Kier molecular flexibility index (Phi) is 4.81. The fourth-order valence-electron chi connectivity index (χ4n) is 7.80. The number of carbonyl (C=O) groups is 1. The Labute approximate surface area is 174 Å². The van der Waals surface area contributed by atoms with Crippen molar-refractivity contribution < 1.29 is 15.0 Å². The van der Waals surface area contributed by atoms with Gasteiger partial charge in [0.25, 0.3) is 0 Å². The van der Waals surface area contributed by atoms with Crippen LogP contribution < -0.4 is 0 Å². The standard InChI is InChI=1S/C26H36O3/c1-15(16-5-3-4-6-16)25(29)21-14-18(27)13-17-7-8-19-20(24(17)21)11-12-26(2)22(19)9-10-23(26)28/h13-16,19-20,22-23,27-28H,3-12H2,1-2H3/t15?,19-,20+,22+,23+,26+/m1/s1. The third kappa shape index (κ3) is 2.99. The highest BCUT2D eigenvalue weighted by Crippen LogP contribution is 2.61. The van der Waals surface area contributed by atoms with Gasteiger partial charge in [-0.2, -0.15) is 0 Å². The van der Waals surface area contributed by atoms with Crippen LogP contribution in [0.3, 0.4) is 0 Å². The summed E-state index contributed by atoms with van der Waals surface area (Å²) in [5, 5.41) is 21.1. The maximum atomic E-state index is 13.6. The summed E-state index contributed by atoms with van der Waals surface area (Å²) in [4.78, 5) is 13.6. The Morgan fingerprint density at radius 1 is 1.10 bits per heavy atom. The van der Waals surface area contributed by atoms with Crippen LogP contribution in [0.2, 0.25) is 0 Å². The van der Waals surface area contributed by atoms with E-state index in [0.29, 0.717) is 23.7 Å². The van der Waals surface area contributed by atoms with Gasteiger partial charge in [-0.25, -0.2) is 0 Å². The molecule has 6 atom stereocenters. The van der Waals surface area contributed by atoms with Crippen molar-refractivity contribution in [1.82, 2.24) is 0 Å². The van der Waals surface area contributed by atoms with E-state index in [1.807, 2.05) is 6.07 Å². The molecule has 0 aliphatic heterocycles. The summed E-state index contributed by atoms with van der Waals surface area (Å²) in [5.74, 6) is 2.60. The molecule has 0 heterocycles. The number of hydrogen-bond acceptors (Lipinski definition) is 3. The van der Waals surface area contributed by atoms with E-state index in [0.717, 1.165) is 56.9 Å². The number of rotatable bonds is 3. The van der Waals surface area contributed by atoms with Gasteiger partial charge in [0.1, 0.15) is 5.75 Å². The first-order chi connectivity index (χ1) is 13.9. The van der Waals surface area contributed by atoms with Gasteiger partial charge in [0.15, 0.2) is 5.78 Å². The third-order valence-corrected chi connectivity index (χ3v) is 9.54. The van der Waals surface area contributed by atoms with Crippen LogP contribution in [-0.2, 0) is 6.42 Å². The fraction of sp³-hybridized carbons (Fsp3) is 0.731. The minimum atomic E-state index is -0.168. The largest absolute Gasteiger partial charge is 0.508 e. The average Bonchev–Trinajstić information content (AvgIpc) is 3.34. The van der Waals surface area contributed by atoms with E-state index < -0.39 is 0 Å². The number of phenolic OH excluding ortho intramolecular Hbond substituents is 1. The maximum absolute atomic E-state index is 13.6.